The number of hydrogen-bond acceptors (Lipinski definition) is 4. The highest BCUT2D eigenvalue weighted by Crippen LogP contribution is 2.63. The average molecular weight is 327 g/mol. The minimum Gasteiger partial charge on any atom is -0.322 e. The molecular weight excluding hydrogens is 295 g/mol. The lowest BCUT2D eigenvalue weighted by Crippen LogP contribution is -2.01. The van der Waals surface area contributed by atoms with Gasteiger partial charge in [0.15, 0.2) is 0 Å². The van der Waals surface area contributed by atoms with Gasteiger partial charge in [0.25, 0.3) is 0 Å². The fraction of sp³-hybridized carbons (Fsp3) is 1.00. The molecule has 116 valence electrons. The van der Waals surface area contributed by atoms with Crippen molar-refractivity contribution in [2.45, 2.75) is 77.9 Å². The van der Waals surface area contributed by atoms with Crippen LogP contribution >= 0.6 is 17.1 Å². The molecule has 0 aliphatic carbocycles. The molecule has 0 spiro atoms. The molecule has 0 saturated heterocycles. The summed E-state index contributed by atoms with van der Waals surface area (Å²) < 4.78 is 11.9. The van der Waals surface area contributed by atoms with Crippen LogP contribution < -0.4 is 0 Å². The van der Waals surface area contributed by atoms with Gasteiger partial charge in [-0.1, -0.05) is 64.8 Å². The Hall–Kier alpha value is 0.920. The maximum absolute atomic E-state index is 5.95. The molecule has 0 aromatic rings. The van der Waals surface area contributed by atoms with Crippen LogP contribution in [0.15, 0.2) is 0 Å². The highest BCUT2D eigenvalue weighted by Gasteiger charge is 2.22. The summed E-state index contributed by atoms with van der Waals surface area (Å²) in [6, 6.07) is 0. The Labute approximate surface area is 129 Å². The molecular formula is C14H31O2PS2. The van der Waals surface area contributed by atoms with Crippen LogP contribution in [0.1, 0.15) is 72.6 Å². The van der Waals surface area contributed by atoms with E-state index in [2.05, 4.69) is 27.7 Å². The SMILES string of the molecule is CCCCCOP(=S)(OCCCCC)SC(C)CC. The Bertz CT molecular complexity index is 234. The Morgan fingerprint density at radius 3 is 1.79 bits per heavy atom. The summed E-state index contributed by atoms with van der Waals surface area (Å²) >= 11 is 7.42. The summed E-state index contributed by atoms with van der Waals surface area (Å²) in [7, 11) is 0. The highest BCUT2D eigenvalue weighted by molar-refractivity contribution is 8.68. The first-order valence-electron chi connectivity index (χ1n) is 7.65. The van der Waals surface area contributed by atoms with Gasteiger partial charge >= 0.3 is 0 Å². The van der Waals surface area contributed by atoms with Gasteiger partial charge in [-0.25, -0.2) is 0 Å². The van der Waals surface area contributed by atoms with Gasteiger partial charge in [0, 0.05) is 5.25 Å². The minimum absolute atomic E-state index is 0.517. The number of rotatable bonds is 13. The van der Waals surface area contributed by atoms with Crippen LogP contribution in [-0.2, 0) is 20.9 Å². The Morgan fingerprint density at radius 1 is 0.947 bits per heavy atom. The fourth-order valence-corrected chi connectivity index (χ4v) is 7.29. The molecule has 0 amide bonds. The van der Waals surface area contributed by atoms with Crippen molar-refractivity contribution < 1.29 is 9.05 Å². The van der Waals surface area contributed by atoms with E-state index in [-0.39, 0.29) is 0 Å². The van der Waals surface area contributed by atoms with E-state index < -0.39 is 5.69 Å². The number of unbranched alkanes of at least 4 members (excludes halogenated alkanes) is 4. The van der Waals surface area contributed by atoms with Crippen molar-refractivity contribution in [1.82, 2.24) is 0 Å². The van der Waals surface area contributed by atoms with Gasteiger partial charge in [0.2, 0.25) is 5.69 Å². The zero-order valence-corrected chi connectivity index (χ0v) is 15.5. The molecule has 5 heteroatoms. The van der Waals surface area contributed by atoms with E-state index in [9.17, 15) is 0 Å². The maximum Gasteiger partial charge on any atom is 0.247 e. The van der Waals surface area contributed by atoms with Gasteiger partial charge in [0.1, 0.15) is 0 Å². The average Bonchev–Trinajstić information content (AvgIpc) is 2.40. The molecule has 0 saturated carbocycles. The summed E-state index contributed by atoms with van der Waals surface area (Å²) in [5, 5.41) is 0.517. The lowest BCUT2D eigenvalue weighted by Gasteiger charge is -2.24. The molecule has 2 nitrogen and oxygen atoms in total. The molecule has 0 fully saturated rings. The van der Waals surface area contributed by atoms with Crippen LogP contribution in [0.3, 0.4) is 0 Å². The summed E-state index contributed by atoms with van der Waals surface area (Å²) in [6.45, 7) is 10.3. The van der Waals surface area contributed by atoms with Gasteiger partial charge < -0.3 is 9.05 Å². The quantitative estimate of drug-likeness (QED) is 0.298. The van der Waals surface area contributed by atoms with E-state index in [4.69, 9.17) is 20.9 Å². The Morgan fingerprint density at radius 2 is 1.42 bits per heavy atom. The molecule has 0 heterocycles. The minimum atomic E-state index is -2.12. The van der Waals surface area contributed by atoms with E-state index in [0.717, 1.165) is 32.5 Å². The van der Waals surface area contributed by atoms with Crippen molar-refractivity contribution in [2.24, 2.45) is 0 Å². The first-order valence-corrected chi connectivity index (χ1v) is 11.8. The standard InChI is InChI=1S/C14H31O2PS2/c1-5-8-10-12-15-17(18,19-14(4)7-3)16-13-11-9-6-2/h14H,5-13H2,1-4H3. The van der Waals surface area contributed by atoms with Gasteiger partial charge in [-0.15, -0.1) is 0 Å². The van der Waals surface area contributed by atoms with Crippen LogP contribution in [-0.4, -0.2) is 18.5 Å². The van der Waals surface area contributed by atoms with E-state index in [0.29, 0.717) is 5.25 Å². The van der Waals surface area contributed by atoms with Crippen LogP contribution in [0.5, 0.6) is 0 Å². The summed E-state index contributed by atoms with van der Waals surface area (Å²) in [4.78, 5) is 0. The molecule has 0 rings (SSSR count). The topological polar surface area (TPSA) is 18.5 Å². The molecule has 0 aliphatic rings. The van der Waals surface area contributed by atoms with Crippen molar-refractivity contribution in [3.63, 3.8) is 0 Å². The van der Waals surface area contributed by atoms with Gasteiger partial charge in [-0.2, -0.15) is 0 Å². The predicted molar refractivity (Wildman–Crippen MR) is 92.6 cm³/mol. The van der Waals surface area contributed by atoms with Crippen molar-refractivity contribution in [2.75, 3.05) is 13.2 Å². The molecule has 0 bridgehead atoms. The zero-order chi connectivity index (χ0) is 14.6. The van der Waals surface area contributed by atoms with Gasteiger partial charge in [-0.3, -0.25) is 0 Å². The highest BCUT2D eigenvalue weighted by atomic mass is 32.9. The molecule has 19 heavy (non-hydrogen) atoms. The summed E-state index contributed by atoms with van der Waals surface area (Å²) in [5.41, 5.74) is -2.12. The van der Waals surface area contributed by atoms with Gasteiger partial charge in [-0.05, 0) is 31.1 Å². The van der Waals surface area contributed by atoms with Crippen LogP contribution in [0.4, 0.5) is 0 Å². The van der Waals surface area contributed by atoms with E-state index in [1.165, 1.54) is 25.7 Å². The summed E-state index contributed by atoms with van der Waals surface area (Å²) in [6.07, 6.45) is 8.13. The van der Waals surface area contributed by atoms with Crippen LogP contribution in [0, 0.1) is 0 Å². The van der Waals surface area contributed by atoms with Crippen molar-refractivity contribution in [1.29, 1.82) is 0 Å². The summed E-state index contributed by atoms with van der Waals surface area (Å²) in [5.74, 6) is 0. The Balaban J connectivity index is 4.15. The van der Waals surface area contributed by atoms with E-state index >= 15 is 0 Å². The van der Waals surface area contributed by atoms with Crippen LogP contribution in [0.25, 0.3) is 0 Å². The first-order chi connectivity index (χ1) is 9.08. The maximum atomic E-state index is 5.95. The monoisotopic (exact) mass is 326 g/mol. The van der Waals surface area contributed by atoms with Crippen molar-refractivity contribution in [3.8, 4) is 0 Å². The lowest BCUT2D eigenvalue weighted by molar-refractivity contribution is 0.250. The molecule has 0 N–H and O–H groups in total. The zero-order valence-electron chi connectivity index (χ0n) is 13.0. The predicted octanol–water partition coefficient (Wildman–Crippen LogP) is 6.16. The van der Waals surface area contributed by atoms with Crippen LogP contribution in [0.2, 0.25) is 0 Å². The second-order valence-electron chi connectivity index (χ2n) is 4.85. The molecule has 0 radical (unpaired) electrons. The normalized spacial score (nSPS) is 13.7. The Kier molecular flexibility index (Phi) is 13.3. The molecule has 1 atom stereocenters. The smallest absolute Gasteiger partial charge is 0.247 e. The van der Waals surface area contributed by atoms with Gasteiger partial charge in [0.05, 0.1) is 13.2 Å². The van der Waals surface area contributed by atoms with Crippen molar-refractivity contribution >= 4 is 28.9 Å². The van der Waals surface area contributed by atoms with Crippen molar-refractivity contribution in [3.05, 3.63) is 0 Å². The third kappa shape index (κ3) is 11.3. The first kappa shape index (κ1) is 19.9. The second-order valence-corrected chi connectivity index (χ2v) is 11.5. The molecule has 0 aromatic carbocycles. The third-order valence-corrected chi connectivity index (χ3v) is 8.72. The molecule has 0 aliphatic heterocycles. The second kappa shape index (κ2) is 12.6. The van der Waals surface area contributed by atoms with E-state index in [1.807, 2.05) is 0 Å². The lowest BCUT2D eigenvalue weighted by atomic mass is 10.3. The molecule has 1 unspecified atom stereocenters. The third-order valence-electron chi connectivity index (χ3n) is 2.88. The number of hydrogen-bond donors (Lipinski definition) is 0. The largest absolute Gasteiger partial charge is 0.322 e. The molecule has 0 aromatic heterocycles. The van der Waals surface area contributed by atoms with E-state index in [1.54, 1.807) is 11.4 Å². The fourth-order valence-electron chi connectivity index (χ4n) is 1.45.